The number of Topliss-reactive ketones (excluding diaryl/α,β-unsaturated/α-hetero) is 1. The highest BCUT2D eigenvalue weighted by Crippen LogP contribution is 2.30. The smallest absolute Gasteiger partial charge is 0.170 e. The molecule has 5 heteroatoms. The van der Waals surface area contributed by atoms with Gasteiger partial charge < -0.3 is 0 Å². The second-order valence-electron chi connectivity index (χ2n) is 4.85. The van der Waals surface area contributed by atoms with Crippen molar-refractivity contribution in [3.63, 3.8) is 0 Å². The summed E-state index contributed by atoms with van der Waals surface area (Å²) in [5, 5.41) is 6.41. The zero-order valence-corrected chi connectivity index (χ0v) is 11.6. The second kappa shape index (κ2) is 4.11. The lowest BCUT2D eigenvalue weighted by molar-refractivity contribution is -0.113. The molecule has 0 radical (unpaired) electrons. The standard InChI is InChI=1S/C15H11N3OS/c1-9-5-15-16-8-10-6-11(14-3-2-4-20-14)13(19)7-12(10)18(15)17-9/h2-6,8H,7H2,1H3. The first kappa shape index (κ1) is 11.5. The van der Waals surface area contributed by atoms with E-state index in [0.717, 1.165) is 33.0 Å². The Morgan fingerprint density at radius 2 is 2.30 bits per heavy atom. The van der Waals surface area contributed by atoms with Crippen LogP contribution in [0.2, 0.25) is 0 Å². The van der Waals surface area contributed by atoms with Gasteiger partial charge >= 0.3 is 0 Å². The van der Waals surface area contributed by atoms with Crippen molar-refractivity contribution in [1.82, 2.24) is 14.6 Å². The van der Waals surface area contributed by atoms with E-state index >= 15 is 0 Å². The number of allylic oxidation sites excluding steroid dienone is 1. The van der Waals surface area contributed by atoms with Gasteiger partial charge in [-0.1, -0.05) is 6.07 Å². The third-order valence-corrected chi connectivity index (χ3v) is 4.36. The number of carbonyl (C=O) groups excluding carboxylic acids is 1. The molecule has 0 aromatic carbocycles. The average molecular weight is 281 g/mol. The van der Waals surface area contributed by atoms with Crippen LogP contribution in [-0.4, -0.2) is 20.4 Å². The maximum absolute atomic E-state index is 12.4. The normalized spacial score (nSPS) is 14.4. The molecular weight excluding hydrogens is 270 g/mol. The molecule has 0 unspecified atom stereocenters. The summed E-state index contributed by atoms with van der Waals surface area (Å²) in [7, 11) is 0. The maximum atomic E-state index is 12.4. The minimum absolute atomic E-state index is 0.139. The molecule has 0 N–H and O–H groups in total. The van der Waals surface area contributed by atoms with E-state index in [2.05, 4.69) is 10.1 Å². The number of aromatic nitrogens is 3. The van der Waals surface area contributed by atoms with Crippen LogP contribution in [0, 0.1) is 6.92 Å². The molecule has 0 aliphatic heterocycles. The number of carbonyl (C=O) groups is 1. The summed E-state index contributed by atoms with van der Waals surface area (Å²) >= 11 is 1.58. The lowest BCUT2D eigenvalue weighted by Gasteiger charge is -2.15. The molecule has 0 fully saturated rings. The summed E-state index contributed by atoms with van der Waals surface area (Å²) < 4.78 is 1.78. The number of rotatable bonds is 1. The molecule has 4 rings (SSSR count). The SMILES string of the molecule is Cc1cc2ncc3c(n2n1)CC(=O)C(c1cccs1)=C3. The third-order valence-electron chi connectivity index (χ3n) is 3.45. The average Bonchev–Trinajstić information content (AvgIpc) is 3.06. The van der Waals surface area contributed by atoms with Crippen molar-refractivity contribution in [3.8, 4) is 0 Å². The molecule has 0 amide bonds. The van der Waals surface area contributed by atoms with Crippen molar-refractivity contribution in [2.75, 3.05) is 0 Å². The lowest BCUT2D eigenvalue weighted by atomic mass is 9.95. The number of hydrogen-bond acceptors (Lipinski definition) is 4. The van der Waals surface area contributed by atoms with Gasteiger partial charge in [-0.05, 0) is 24.4 Å². The lowest BCUT2D eigenvalue weighted by Crippen LogP contribution is -2.15. The predicted octanol–water partition coefficient (Wildman–Crippen LogP) is 2.77. The molecule has 3 heterocycles. The van der Waals surface area contributed by atoms with E-state index in [1.807, 2.05) is 42.8 Å². The van der Waals surface area contributed by atoms with Gasteiger partial charge in [0, 0.05) is 28.3 Å². The Morgan fingerprint density at radius 1 is 1.40 bits per heavy atom. The molecule has 98 valence electrons. The zero-order chi connectivity index (χ0) is 13.7. The molecule has 0 spiro atoms. The monoisotopic (exact) mass is 281 g/mol. The van der Waals surface area contributed by atoms with E-state index in [9.17, 15) is 4.79 Å². The molecule has 0 atom stereocenters. The summed E-state index contributed by atoms with van der Waals surface area (Å²) in [5.74, 6) is 0.139. The van der Waals surface area contributed by atoms with Crippen LogP contribution in [0.1, 0.15) is 21.8 Å². The molecule has 0 bridgehead atoms. The second-order valence-corrected chi connectivity index (χ2v) is 5.80. The summed E-state index contributed by atoms with van der Waals surface area (Å²) in [6.45, 7) is 1.93. The van der Waals surface area contributed by atoms with Gasteiger partial charge in [0.05, 0.1) is 17.8 Å². The Morgan fingerprint density at radius 3 is 3.10 bits per heavy atom. The minimum atomic E-state index is 0.139. The van der Waals surface area contributed by atoms with Gasteiger partial charge in [0.25, 0.3) is 0 Å². The number of thiophene rings is 1. The van der Waals surface area contributed by atoms with Gasteiger partial charge in [0.2, 0.25) is 0 Å². The molecule has 1 aliphatic rings. The molecule has 0 saturated carbocycles. The van der Waals surface area contributed by atoms with Crippen molar-refractivity contribution in [3.05, 3.63) is 51.6 Å². The van der Waals surface area contributed by atoms with Crippen LogP contribution in [-0.2, 0) is 11.2 Å². The highest BCUT2D eigenvalue weighted by Gasteiger charge is 2.23. The summed E-state index contributed by atoms with van der Waals surface area (Å²) in [6.07, 6.45) is 4.13. The number of aryl methyl sites for hydroxylation is 1. The quantitative estimate of drug-likeness (QED) is 0.689. The summed E-state index contributed by atoms with van der Waals surface area (Å²) in [5.41, 5.74) is 4.38. The highest BCUT2D eigenvalue weighted by molar-refractivity contribution is 7.11. The van der Waals surface area contributed by atoms with Gasteiger partial charge in [0.1, 0.15) is 0 Å². The first-order valence-electron chi connectivity index (χ1n) is 6.35. The zero-order valence-electron chi connectivity index (χ0n) is 10.8. The van der Waals surface area contributed by atoms with E-state index in [1.54, 1.807) is 15.9 Å². The van der Waals surface area contributed by atoms with Crippen molar-refractivity contribution in [2.24, 2.45) is 0 Å². The topological polar surface area (TPSA) is 47.3 Å². The Hall–Kier alpha value is -2.27. The maximum Gasteiger partial charge on any atom is 0.170 e. The number of ketones is 1. The molecular formula is C15H11N3OS. The van der Waals surface area contributed by atoms with Gasteiger partial charge in [0.15, 0.2) is 11.4 Å². The minimum Gasteiger partial charge on any atom is -0.294 e. The largest absolute Gasteiger partial charge is 0.294 e. The molecule has 3 aromatic rings. The van der Waals surface area contributed by atoms with Crippen molar-refractivity contribution < 1.29 is 4.79 Å². The third kappa shape index (κ3) is 1.63. The molecule has 1 aliphatic carbocycles. The first-order chi connectivity index (χ1) is 9.72. The van der Waals surface area contributed by atoms with Crippen molar-refractivity contribution >= 4 is 34.4 Å². The summed E-state index contributed by atoms with van der Waals surface area (Å²) in [4.78, 5) is 17.8. The van der Waals surface area contributed by atoms with Gasteiger partial charge in [-0.25, -0.2) is 9.50 Å². The van der Waals surface area contributed by atoms with Crippen LogP contribution in [0.25, 0.3) is 17.3 Å². The van der Waals surface area contributed by atoms with Gasteiger partial charge in [-0.3, -0.25) is 4.79 Å². The Kier molecular flexibility index (Phi) is 2.37. The predicted molar refractivity (Wildman–Crippen MR) is 78.6 cm³/mol. The Labute approximate surface area is 119 Å². The van der Waals surface area contributed by atoms with Gasteiger partial charge in [-0.15, -0.1) is 11.3 Å². The molecule has 3 aromatic heterocycles. The van der Waals surface area contributed by atoms with Crippen molar-refractivity contribution in [2.45, 2.75) is 13.3 Å². The fourth-order valence-electron chi connectivity index (χ4n) is 2.53. The van der Waals surface area contributed by atoms with Gasteiger partial charge in [-0.2, -0.15) is 5.10 Å². The van der Waals surface area contributed by atoms with E-state index in [4.69, 9.17) is 0 Å². The summed E-state index contributed by atoms with van der Waals surface area (Å²) in [6, 6.07) is 5.86. The van der Waals surface area contributed by atoms with E-state index in [0.29, 0.717) is 6.42 Å². The number of nitrogens with zero attached hydrogens (tertiary/aromatic N) is 3. The van der Waals surface area contributed by atoms with Crippen LogP contribution < -0.4 is 0 Å². The van der Waals surface area contributed by atoms with Crippen LogP contribution in [0.5, 0.6) is 0 Å². The Balaban J connectivity index is 1.96. The van der Waals surface area contributed by atoms with Crippen LogP contribution >= 0.6 is 11.3 Å². The van der Waals surface area contributed by atoms with Crippen LogP contribution in [0.3, 0.4) is 0 Å². The fraction of sp³-hybridized carbons (Fsp3) is 0.133. The van der Waals surface area contributed by atoms with Crippen LogP contribution in [0.4, 0.5) is 0 Å². The Bertz CT molecular complexity index is 859. The van der Waals surface area contributed by atoms with E-state index < -0.39 is 0 Å². The number of fused-ring (bicyclic) bond motifs is 3. The van der Waals surface area contributed by atoms with Crippen molar-refractivity contribution in [1.29, 1.82) is 0 Å². The first-order valence-corrected chi connectivity index (χ1v) is 7.23. The van der Waals surface area contributed by atoms with E-state index in [-0.39, 0.29) is 5.78 Å². The van der Waals surface area contributed by atoms with Crippen LogP contribution in [0.15, 0.2) is 29.8 Å². The number of hydrogen-bond donors (Lipinski definition) is 0. The highest BCUT2D eigenvalue weighted by atomic mass is 32.1. The molecule has 4 nitrogen and oxygen atoms in total. The fourth-order valence-corrected chi connectivity index (χ4v) is 3.29. The van der Waals surface area contributed by atoms with E-state index in [1.165, 1.54) is 0 Å². The molecule has 20 heavy (non-hydrogen) atoms. The molecule has 0 saturated heterocycles.